The van der Waals surface area contributed by atoms with Gasteiger partial charge in [-0.1, -0.05) is 88.1 Å². The number of halogens is 1. The van der Waals surface area contributed by atoms with Crippen LogP contribution >= 0.6 is 22.6 Å². The SMILES string of the molecule is CC(C)CCC[C@@H](C)[C@H]1CCC2C3CC=C4C[C@@H](OCCC#CCCI)CC[C@]4(C)C3CC[C@@]21C. The first-order chi connectivity index (χ1) is 16.8. The molecular weight excluding hydrogens is 539 g/mol. The van der Waals surface area contributed by atoms with E-state index in [2.05, 4.69) is 75.1 Å². The van der Waals surface area contributed by atoms with Gasteiger partial charge in [0.25, 0.3) is 0 Å². The first-order valence-corrected chi connectivity index (χ1v) is 16.6. The van der Waals surface area contributed by atoms with Crippen molar-refractivity contribution >= 4 is 22.6 Å². The standard InChI is InChI=1S/C33H53IO/c1-24(2)11-10-12-25(3)29-15-16-30-28-14-13-26-23-27(35-22-9-7-6-8-21-34)17-19-32(26,4)31(28)18-20-33(29,30)5/h13,24-25,27-31H,8-12,14-23H2,1-5H3/t25-,27+,28?,29-,30?,31?,32+,33-/m1/s1. The average molecular weight is 593 g/mol. The Labute approximate surface area is 231 Å². The summed E-state index contributed by atoms with van der Waals surface area (Å²) in [6, 6.07) is 0. The molecule has 0 heterocycles. The molecule has 0 radical (unpaired) electrons. The highest BCUT2D eigenvalue weighted by molar-refractivity contribution is 14.1. The normalized spacial score (nSPS) is 39.2. The highest BCUT2D eigenvalue weighted by Gasteiger charge is 2.59. The molecule has 198 valence electrons. The molecule has 4 rings (SSSR count). The molecule has 0 N–H and O–H groups in total. The smallest absolute Gasteiger partial charge is 0.0613 e. The lowest BCUT2D eigenvalue weighted by Crippen LogP contribution is -2.51. The molecular formula is C33H53IO. The molecule has 4 aliphatic carbocycles. The van der Waals surface area contributed by atoms with Crippen molar-refractivity contribution in [1.82, 2.24) is 0 Å². The third-order valence-corrected chi connectivity index (χ3v) is 11.7. The van der Waals surface area contributed by atoms with Gasteiger partial charge in [-0.25, -0.2) is 0 Å². The third kappa shape index (κ3) is 6.02. The highest BCUT2D eigenvalue weighted by Crippen LogP contribution is 2.67. The molecule has 3 saturated carbocycles. The van der Waals surface area contributed by atoms with Crippen molar-refractivity contribution in [3.63, 3.8) is 0 Å². The predicted octanol–water partition coefficient (Wildman–Crippen LogP) is 9.63. The van der Waals surface area contributed by atoms with E-state index < -0.39 is 0 Å². The summed E-state index contributed by atoms with van der Waals surface area (Å²) in [7, 11) is 0. The van der Waals surface area contributed by atoms with Crippen molar-refractivity contribution in [1.29, 1.82) is 0 Å². The summed E-state index contributed by atoms with van der Waals surface area (Å²) < 4.78 is 7.45. The van der Waals surface area contributed by atoms with Crippen molar-refractivity contribution in [2.75, 3.05) is 11.0 Å². The lowest BCUT2D eigenvalue weighted by atomic mass is 9.47. The fourth-order valence-electron chi connectivity index (χ4n) is 9.29. The molecule has 0 spiro atoms. The second-order valence-corrected chi connectivity index (χ2v) is 14.6. The van der Waals surface area contributed by atoms with Gasteiger partial charge in [0, 0.05) is 17.3 Å². The van der Waals surface area contributed by atoms with E-state index in [-0.39, 0.29) is 0 Å². The quantitative estimate of drug-likeness (QED) is 0.0852. The first-order valence-electron chi connectivity index (χ1n) is 15.1. The second kappa shape index (κ2) is 12.2. The van der Waals surface area contributed by atoms with Crippen LogP contribution in [0.15, 0.2) is 11.6 Å². The Kier molecular flexibility index (Phi) is 9.79. The van der Waals surface area contributed by atoms with Crippen LogP contribution in [0.2, 0.25) is 0 Å². The Morgan fingerprint density at radius 2 is 1.80 bits per heavy atom. The van der Waals surface area contributed by atoms with Crippen LogP contribution in [0.1, 0.15) is 118 Å². The molecule has 0 aromatic carbocycles. The minimum absolute atomic E-state index is 0.425. The van der Waals surface area contributed by atoms with E-state index in [1.54, 1.807) is 5.57 Å². The maximum Gasteiger partial charge on any atom is 0.0613 e. The van der Waals surface area contributed by atoms with E-state index in [1.807, 2.05) is 0 Å². The number of hydrogen-bond donors (Lipinski definition) is 0. The third-order valence-electron chi connectivity index (χ3n) is 11.2. The van der Waals surface area contributed by atoms with Crippen LogP contribution in [0.5, 0.6) is 0 Å². The van der Waals surface area contributed by atoms with Crippen molar-refractivity contribution < 1.29 is 4.74 Å². The van der Waals surface area contributed by atoms with Gasteiger partial charge in [-0.2, -0.15) is 0 Å². The molecule has 0 aromatic heterocycles. The van der Waals surface area contributed by atoms with E-state index in [0.29, 0.717) is 16.9 Å². The minimum Gasteiger partial charge on any atom is -0.377 e. The van der Waals surface area contributed by atoms with Gasteiger partial charge in [0.15, 0.2) is 0 Å². The first kappa shape index (κ1) is 28.0. The molecule has 2 heteroatoms. The number of fused-ring (bicyclic) bond motifs is 5. The number of alkyl halides is 1. The number of ether oxygens (including phenoxy) is 1. The summed E-state index contributed by atoms with van der Waals surface area (Å²) in [5.74, 6) is 12.1. The van der Waals surface area contributed by atoms with Crippen LogP contribution < -0.4 is 0 Å². The molecule has 35 heavy (non-hydrogen) atoms. The summed E-state index contributed by atoms with van der Waals surface area (Å²) in [5.41, 5.74) is 2.79. The largest absolute Gasteiger partial charge is 0.377 e. The van der Waals surface area contributed by atoms with E-state index in [9.17, 15) is 0 Å². The van der Waals surface area contributed by atoms with Crippen molar-refractivity contribution in [3.8, 4) is 11.8 Å². The number of rotatable bonds is 9. The van der Waals surface area contributed by atoms with Gasteiger partial charge in [0.1, 0.15) is 0 Å². The summed E-state index contributed by atoms with van der Waals surface area (Å²) in [6.07, 6.45) is 20.4. The van der Waals surface area contributed by atoms with Crippen LogP contribution in [-0.4, -0.2) is 17.1 Å². The summed E-state index contributed by atoms with van der Waals surface area (Å²) >= 11 is 2.39. The molecule has 0 bridgehead atoms. The molecule has 8 atom stereocenters. The number of hydrogen-bond acceptors (Lipinski definition) is 1. The molecule has 3 unspecified atom stereocenters. The average Bonchev–Trinajstić information content (AvgIpc) is 3.18. The Morgan fingerprint density at radius 3 is 2.57 bits per heavy atom. The maximum absolute atomic E-state index is 6.32. The molecule has 1 nitrogen and oxygen atoms in total. The van der Waals surface area contributed by atoms with E-state index >= 15 is 0 Å². The molecule has 0 aromatic rings. The number of allylic oxidation sites excluding steroid dienone is 1. The lowest BCUT2D eigenvalue weighted by Gasteiger charge is -2.58. The molecule has 0 aliphatic heterocycles. The van der Waals surface area contributed by atoms with Crippen molar-refractivity contribution in [3.05, 3.63) is 11.6 Å². The van der Waals surface area contributed by atoms with Crippen LogP contribution in [0.25, 0.3) is 0 Å². The van der Waals surface area contributed by atoms with Crippen LogP contribution in [0.4, 0.5) is 0 Å². The van der Waals surface area contributed by atoms with Gasteiger partial charge in [-0.3, -0.25) is 0 Å². The van der Waals surface area contributed by atoms with Crippen LogP contribution in [0.3, 0.4) is 0 Å². The van der Waals surface area contributed by atoms with Crippen LogP contribution in [-0.2, 0) is 4.74 Å². The van der Waals surface area contributed by atoms with Gasteiger partial charge in [0.05, 0.1) is 12.7 Å². The second-order valence-electron chi connectivity index (χ2n) is 13.6. The van der Waals surface area contributed by atoms with E-state index in [4.69, 9.17) is 4.74 Å². The van der Waals surface area contributed by atoms with E-state index in [1.165, 1.54) is 70.6 Å². The summed E-state index contributed by atoms with van der Waals surface area (Å²) in [5, 5.41) is 0. The topological polar surface area (TPSA) is 9.23 Å². The zero-order valence-corrected chi connectivity index (χ0v) is 25.7. The van der Waals surface area contributed by atoms with Crippen molar-refractivity contribution in [2.45, 2.75) is 124 Å². The van der Waals surface area contributed by atoms with Gasteiger partial charge >= 0.3 is 0 Å². The van der Waals surface area contributed by atoms with Gasteiger partial charge in [0.2, 0.25) is 0 Å². The fraction of sp³-hybridized carbons (Fsp3) is 0.879. The van der Waals surface area contributed by atoms with Gasteiger partial charge in [-0.15, -0.1) is 11.8 Å². The summed E-state index contributed by atoms with van der Waals surface area (Å²) in [6.45, 7) is 13.5. The predicted molar refractivity (Wildman–Crippen MR) is 159 cm³/mol. The highest BCUT2D eigenvalue weighted by atomic mass is 127. The molecule has 0 amide bonds. The lowest BCUT2D eigenvalue weighted by molar-refractivity contribution is -0.0635. The van der Waals surface area contributed by atoms with Crippen molar-refractivity contribution in [2.24, 2.45) is 46.3 Å². The molecule has 4 aliphatic rings. The Bertz CT molecular complexity index is 789. The monoisotopic (exact) mass is 592 g/mol. The zero-order chi connectivity index (χ0) is 25.1. The van der Waals surface area contributed by atoms with E-state index in [0.717, 1.165) is 59.4 Å². The summed E-state index contributed by atoms with van der Waals surface area (Å²) in [4.78, 5) is 0. The molecule has 3 fully saturated rings. The maximum atomic E-state index is 6.32. The Balaban J connectivity index is 1.36. The zero-order valence-electron chi connectivity index (χ0n) is 23.5. The molecule has 0 saturated heterocycles. The van der Waals surface area contributed by atoms with Gasteiger partial charge < -0.3 is 4.74 Å². The fourth-order valence-corrected chi connectivity index (χ4v) is 9.56. The van der Waals surface area contributed by atoms with Crippen LogP contribution in [0, 0.1) is 58.2 Å². The van der Waals surface area contributed by atoms with Gasteiger partial charge in [-0.05, 0) is 97.7 Å². The Hall–Kier alpha value is -0.0100. The minimum atomic E-state index is 0.425. The Morgan fingerprint density at radius 1 is 1.00 bits per heavy atom.